The van der Waals surface area contributed by atoms with Crippen LogP contribution in [-0.2, 0) is 17.9 Å². The second kappa shape index (κ2) is 9.81. The summed E-state index contributed by atoms with van der Waals surface area (Å²) in [6, 6.07) is 5.88. The smallest absolute Gasteiger partial charge is 0.376 e. The number of hydrogen-bond donors (Lipinski definition) is 2. The molecule has 1 atom stereocenters. The van der Waals surface area contributed by atoms with Crippen LogP contribution in [0.25, 0.3) is 0 Å². The second-order valence-corrected chi connectivity index (χ2v) is 7.17. The molecule has 1 aromatic heterocycles. The van der Waals surface area contributed by atoms with E-state index in [1.807, 2.05) is 20.5 Å². The third-order valence-electron chi connectivity index (χ3n) is 5.04. The summed E-state index contributed by atoms with van der Waals surface area (Å²) in [5.74, 6) is -0.288. The maximum Gasteiger partial charge on any atom is 0.376 e. The number of amides is 1. The molecule has 0 aliphatic carbocycles. The van der Waals surface area contributed by atoms with Crippen LogP contribution >= 0.6 is 0 Å². The fraction of sp³-hybridized carbons (Fsp3) is 0.474. The number of hydrogen-bond acceptors (Lipinski definition) is 5. The first-order valence-corrected chi connectivity index (χ1v) is 9.67. The minimum Gasteiger partial charge on any atom is -0.437 e. The highest BCUT2D eigenvalue weighted by Crippen LogP contribution is 2.11. The molecule has 0 unspecified atom stereocenters. The highest BCUT2D eigenvalue weighted by atomic mass is 19.1. The summed E-state index contributed by atoms with van der Waals surface area (Å²) in [4.78, 5) is 20.9. The van der Waals surface area contributed by atoms with Crippen molar-refractivity contribution in [3.63, 3.8) is 0 Å². The number of piperazine rings is 1. The Morgan fingerprint density at radius 1 is 1.43 bits per heavy atom. The maximum atomic E-state index is 13.2. The number of halogens is 1. The molecule has 150 valence electrons. The minimum absolute atomic E-state index is 0.000283. The molecule has 28 heavy (non-hydrogen) atoms. The monoisotopic (exact) mass is 387 g/mol. The SMILES string of the molecule is CB(O)N1CCN[C@@H](C(=O)N(CCCn2ccnc2)Cc2ccc(F)cc2)C1. The Morgan fingerprint density at radius 3 is 2.89 bits per heavy atom. The Bertz CT molecular complexity index is 741. The summed E-state index contributed by atoms with van der Waals surface area (Å²) >= 11 is 0. The van der Waals surface area contributed by atoms with Gasteiger partial charge < -0.3 is 24.6 Å². The molecule has 0 spiro atoms. The number of nitrogens with zero attached hydrogens (tertiary/aromatic N) is 4. The molecule has 1 aliphatic heterocycles. The quantitative estimate of drug-likeness (QED) is 0.657. The summed E-state index contributed by atoms with van der Waals surface area (Å²) < 4.78 is 15.2. The van der Waals surface area contributed by atoms with Gasteiger partial charge in [-0.2, -0.15) is 0 Å². The number of aromatic nitrogens is 2. The number of imidazole rings is 1. The fourth-order valence-corrected chi connectivity index (χ4v) is 3.44. The van der Waals surface area contributed by atoms with Crippen molar-refractivity contribution in [2.24, 2.45) is 0 Å². The Labute approximate surface area is 165 Å². The van der Waals surface area contributed by atoms with Gasteiger partial charge in [-0.1, -0.05) is 12.1 Å². The number of carbonyl (C=O) groups excluding carboxylic acids is 1. The van der Waals surface area contributed by atoms with Gasteiger partial charge in [0.2, 0.25) is 5.91 Å². The molecular weight excluding hydrogens is 360 g/mol. The van der Waals surface area contributed by atoms with Gasteiger partial charge in [0, 0.05) is 51.7 Å². The van der Waals surface area contributed by atoms with Crippen LogP contribution in [0, 0.1) is 5.82 Å². The number of carbonyl (C=O) groups is 1. The van der Waals surface area contributed by atoms with Crippen molar-refractivity contribution >= 4 is 13.0 Å². The van der Waals surface area contributed by atoms with Crippen molar-refractivity contribution in [3.8, 4) is 0 Å². The second-order valence-electron chi connectivity index (χ2n) is 7.17. The van der Waals surface area contributed by atoms with E-state index in [2.05, 4.69) is 10.3 Å². The predicted octanol–water partition coefficient (Wildman–Crippen LogP) is 0.825. The summed E-state index contributed by atoms with van der Waals surface area (Å²) in [7, 11) is -0.579. The zero-order valence-corrected chi connectivity index (χ0v) is 16.2. The van der Waals surface area contributed by atoms with Crippen molar-refractivity contribution in [1.29, 1.82) is 0 Å². The summed E-state index contributed by atoms with van der Waals surface area (Å²) in [5, 5.41) is 13.1. The minimum atomic E-state index is -0.579. The van der Waals surface area contributed by atoms with Gasteiger partial charge in [0.05, 0.1) is 12.4 Å². The Kier molecular flexibility index (Phi) is 7.19. The van der Waals surface area contributed by atoms with Crippen LogP contribution in [0.1, 0.15) is 12.0 Å². The van der Waals surface area contributed by atoms with Gasteiger partial charge >= 0.3 is 7.05 Å². The number of rotatable bonds is 8. The zero-order chi connectivity index (χ0) is 19.9. The van der Waals surface area contributed by atoms with Crippen molar-refractivity contribution in [3.05, 3.63) is 54.4 Å². The summed E-state index contributed by atoms with van der Waals surface area (Å²) in [6.07, 6.45) is 6.18. The number of benzene rings is 1. The lowest BCUT2D eigenvalue weighted by Crippen LogP contribution is -2.60. The van der Waals surface area contributed by atoms with Crippen LogP contribution < -0.4 is 5.32 Å². The lowest BCUT2D eigenvalue weighted by atomic mass is 9.83. The predicted molar refractivity (Wildman–Crippen MR) is 106 cm³/mol. The van der Waals surface area contributed by atoms with Crippen molar-refractivity contribution in [2.75, 3.05) is 26.2 Å². The molecule has 1 saturated heterocycles. The lowest BCUT2D eigenvalue weighted by Gasteiger charge is -2.36. The summed E-state index contributed by atoms with van der Waals surface area (Å²) in [6.45, 7) is 5.33. The van der Waals surface area contributed by atoms with E-state index < -0.39 is 7.05 Å². The molecule has 7 nitrogen and oxygen atoms in total. The third kappa shape index (κ3) is 5.64. The normalized spacial score (nSPS) is 17.5. The van der Waals surface area contributed by atoms with E-state index in [0.717, 1.165) is 18.5 Å². The maximum absolute atomic E-state index is 13.2. The van der Waals surface area contributed by atoms with E-state index >= 15 is 0 Å². The van der Waals surface area contributed by atoms with Crippen LogP contribution in [0.3, 0.4) is 0 Å². The molecule has 3 rings (SSSR count). The Hall–Kier alpha value is -2.23. The van der Waals surface area contributed by atoms with E-state index in [-0.39, 0.29) is 17.8 Å². The van der Waals surface area contributed by atoms with Crippen molar-refractivity contribution in [2.45, 2.75) is 32.4 Å². The molecule has 2 aromatic rings. The standard InChI is InChI=1S/C19H27BFN5O2/c1-20(28)26-12-8-23-18(14-26)19(27)25(10-2-9-24-11-7-22-15-24)13-16-3-5-17(21)6-4-16/h3-7,11,15,18,23,28H,2,8-10,12-14H2,1H3/t18-/m1/s1. The first-order chi connectivity index (χ1) is 13.5. The average Bonchev–Trinajstić information content (AvgIpc) is 3.22. The van der Waals surface area contributed by atoms with Crippen LogP contribution in [0.2, 0.25) is 6.82 Å². The molecule has 1 aliphatic rings. The molecule has 1 fully saturated rings. The van der Waals surface area contributed by atoms with Crippen LogP contribution in [0.15, 0.2) is 43.0 Å². The Morgan fingerprint density at radius 2 is 2.21 bits per heavy atom. The molecule has 9 heteroatoms. The first kappa shape index (κ1) is 20.5. The highest BCUT2D eigenvalue weighted by molar-refractivity contribution is 6.45. The largest absolute Gasteiger partial charge is 0.437 e. The molecule has 1 aromatic carbocycles. The van der Waals surface area contributed by atoms with Gasteiger partial charge in [-0.15, -0.1) is 0 Å². The van der Waals surface area contributed by atoms with Gasteiger partial charge in [0.1, 0.15) is 5.82 Å². The molecular formula is C19H27BFN5O2. The van der Waals surface area contributed by atoms with Gasteiger partial charge in [-0.05, 0) is 30.9 Å². The van der Waals surface area contributed by atoms with Crippen molar-refractivity contribution in [1.82, 2.24) is 24.6 Å². The summed E-state index contributed by atoms with van der Waals surface area (Å²) in [5.41, 5.74) is 0.889. The van der Waals surface area contributed by atoms with E-state index in [0.29, 0.717) is 32.7 Å². The molecule has 2 heterocycles. The number of aryl methyl sites for hydroxylation is 1. The Balaban J connectivity index is 1.66. The van der Waals surface area contributed by atoms with Gasteiger partial charge in [-0.3, -0.25) is 4.79 Å². The van der Waals surface area contributed by atoms with E-state index in [1.54, 1.807) is 31.5 Å². The van der Waals surface area contributed by atoms with Gasteiger partial charge in [0.25, 0.3) is 0 Å². The molecule has 2 N–H and O–H groups in total. The first-order valence-electron chi connectivity index (χ1n) is 9.67. The van der Waals surface area contributed by atoms with Crippen LogP contribution in [-0.4, -0.2) is 69.5 Å². The molecule has 0 radical (unpaired) electrons. The molecule has 1 amide bonds. The van der Waals surface area contributed by atoms with Crippen LogP contribution in [0.5, 0.6) is 0 Å². The van der Waals surface area contributed by atoms with Gasteiger partial charge in [0.15, 0.2) is 0 Å². The third-order valence-corrected chi connectivity index (χ3v) is 5.04. The zero-order valence-electron chi connectivity index (χ0n) is 16.2. The van der Waals surface area contributed by atoms with E-state index in [4.69, 9.17) is 0 Å². The van der Waals surface area contributed by atoms with E-state index in [9.17, 15) is 14.2 Å². The number of nitrogens with one attached hydrogen (secondary N) is 1. The topological polar surface area (TPSA) is 73.6 Å². The molecule has 0 saturated carbocycles. The fourth-order valence-electron chi connectivity index (χ4n) is 3.44. The van der Waals surface area contributed by atoms with E-state index in [1.165, 1.54) is 12.1 Å². The van der Waals surface area contributed by atoms with Gasteiger partial charge in [-0.25, -0.2) is 9.37 Å². The van der Waals surface area contributed by atoms with Crippen molar-refractivity contribution < 1.29 is 14.2 Å². The van der Waals surface area contributed by atoms with Crippen LogP contribution in [0.4, 0.5) is 4.39 Å². The highest BCUT2D eigenvalue weighted by Gasteiger charge is 2.31. The molecule has 0 bridgehead atoms. The average molecular weight is 387 g/mol. The lowest BCUT2D eigenvalue weighted by molar-refractivity contribution is -0.135.